The fraction of sp³-hybridized carbons (Fsp3) is 0.500. The molecule has 0 amide bonds. The molecule has 10 heteroatoms. The fourth-order valence-corrected chi connectivity index (χ4v) is 5.39. The minimum Gasteiger partial charge on any atom is -0.481 e. The van der Waals surface area contributed by atoms with E-state index in [4.69, 9.17) is 33.3 Å². The molecule has 1 aromatic carbocycles. The molecule has 1 aromatic heterocycles. The van der Waals surface area contributed by atoms with Gasteiger partial charge in [0, 0.05) is 36.2 Å². The molecule has 0 aliphatic carbocycles. The molecule has 0 bridgehead atoms. The zero-order chi connectivity index (χ0) is 24.2. The minimum absolute atomic E-state index is 0.122. The molecule has 2 aromatic rings. The largest absolute Gasteiger partial charge is 0.481 e. The highest BCUT2D eigenvalue weighted by Gasteiger charge is 2.37. The molecule has 3 heterocycles. The fourth-order valence-electron chi connectivity index (χ4n) is 4.82. The Balaban J connectivity index is 1.39. The normalized spacial score (nSPS) is 19.8. The van der Waals surface area contributed by atoms with Crippen LogP contribution in [0.4, 0.5) is 11.6 Å². The van der Waals surface area contributed by atoms with E-state index in [1.807, 2.05) is 13.0 Å². The summed E-state index contributed by atoms with van der Waals surface area (Å²) in [6.45, 7) is 6.13. The minimum atomic E-state index is -0.749. The van der Waals surface area contributed by atoms with Crippen LogP contribution in [0.5, 0.6) is 0 Å². The predicted octanol–water partition coefficient (Wildman–Crippen LogP) is 4.45. The first-order chi connectivity index (χ1) is 16.3. The van der Waals surface area contributed by atoms with Gasteiger partial charge in [-0.05, 0) is 55.8 Å². The molecule has 180 valence electrons. The third-order valence-corrected chi connectivity index (χ3v) is 7.28. The van der Waals surface area contributed by atoms with Gasteiger partial charge in [-0.3, -0.25) is 4.79 Å². The molecule has 2 saturated heterocycles. The number of nitrogens with zero attached hydrogens (tertiary/aromatic N) is 5. The number of aromatic nitrogens is 2. The van der Waals surface area contributed by atoms with Gasteiger partial charge in [0.1, 0.15) is 11.9 Å². The second kappa shape index (κ2) is 10.8. The van der Waals surface area contributed by atoms with Crippen molar-refractivity contribution in [3.05, 3.63) is 45.7 Å². The summed E-state index contributed by atoms with van der Waals surface area (Å²) in [5, 5.41) is 23.0. The van der Waals surface area contributed by atoms with E-state index in [0.29, 0.717) is 45.8 Å². The van der Waals surface area contributed by atoms with E-state index >= 15 is 0 Å². The monoisotopic (exact) mass is 502 g/mol. The van der Waals surface area contributed by atoms with E-state index in [2.05, 4.69) is 26.2 Å². The number of hydrogen-bond acceptors (Lipinski definition) is 7. The zero-order valence-corrected chi connectivity index (χ0v) is 20.6. The van der Waals surface area contributed by atoms with E-state index in [1.165, 1.54) is 0 Å². The summed E-state index contributed by atoms with van der Waals surface area (Å²) >= 11 is 12.4. The molecular weight excluding hydrogens is 475 g/mol. The van der Waals surface area contributed by atoms with Gasteiger partial charge in [0.15, 0.2) is 11.5 Å². The Morgan fingerprint density at radius 3 is 2.82 bits per heavy atom. The van der Waals surface area contributed by atoms with Crippen molar-refractivity contribution in [2.45, 2.75) is 32.2 Å². The van der Waals surface area contributed by atoms with Crippen LogP contribution in [0.2, 0.25) is 10.0 Å². The molecule has 2 N–H and O–H groups in total. The van der Waals surface area contributed by atoms with Crippen LogP contribution in [0.25, 0.3) is 0 Å². The second-order valence-corrected chi connectivity index (χ2v) is 9.93. The van der Waals surface area contributed by atoms with Crippen LogP contribution in [0.15, 0.2) is 24.4 Å². The van der Waals surface area contributed by atoms with Gasteiger partial charge < -0.3 is 20.2 Å². The number of carboxylic acid groups (broad SMARTS) is 1. The molecular formula is C24H28Cl2N6O2. The third-order valence-electron chi connectivity index (χ3n) is 6.71. The average Bonchev–Trinajstić information content (AvgIpc) is 2.77. The van der Waals surface area contributed by atoms with E-state index in [0.717, 1.165) is 44.6 Å². The third kappa shape index (κ3) is 5.72. The summed E-state index contributed by atoms with van der Waals surface area (Å²) < 4.78 is 0. The van der Waals surface area contributed by atoms with Crippen molar-refractivity contribution in [2.75, 3.05) is 42.9 Å². The molecule has 0 spiro atoms. The lowest BCUT2D eigenvalue weighted by atomic mass is 9.80. The number of halogens is 2. The first kappa shape index (κ1) is 24.5. The van der Waals surface area contributed by atoms with Crippen molar-refractivity contribution >= 4 is 40.8 Å². The van der Waals surface area contributed by atoms with Crippen molar-refractivity contribution in [2.24, 2.45) is 11.8 Å². The van der Waals surface area contributed by atoms with Crippen molar-refractivity contribution < 1.29 is 9.90 Å². The molecule has 2 aliphatic rings. The lowest BCUT2D eigenvalue weighted by Gasteiger charge is -2.47. The van der Waals surface area contributed by atoms with Crippen molar-refractivity contribution in [1.82, 2.24) is 14.9 Å². The van der Waals surface area contributed by atoms with Crippen LogP contribution in [0, 0.1) is 23.2 Å². The molecule has 2 aliphatic heterocycles. The van der Waals surface area contributed by atoms with Crippen LogP contribution in [0.3, 0.4) is 0 Å². The number of aliphatic carboxylic acids is 1. The Morgan fingerprint density at radius 1 is 1.32 bits per heavy atom. The van der Waals surface area contributed by atoms with E-state index in [-0.39, 0.29) is 12.5 Å². The van der Waals surface area contributed by atoms with E-state index in [1.54, 1.807) is 18.3 Å². The molecule has 0 radical (unpaired) electrons. The van der Waals surface area contributed by atoms with Gasteiger partial charge in [0.25, 0.3) is 0 Å². The lowest BCUT2D eigenvalue weighted by molar-refractivity contribution is -0.137. The number of likely N-dealkylation sites (tertiary alicyclic amines) is 1. The number of anilines is 2. The van der Waals surface area contributed by atoms with Crippen LogP contribution in [-0.2, 0) is 4.79 Å². The topological polar surface area (TPSA) is 105 Å². The first-order valence-electron chi connectivity index (χ1n) is 11.5. The quantitative estimate of drug-likeness (QED) is 0.545. The van der Waals surface area contributed by atoms with Crippen LogP contribution in [-0.4, -0.2) is 58.7 Å². The number of rotatable bonds is 8. The molecule has 1 unspecified atom stereocenters. The van der Waals surface area contributed by atoms with Gasteiger partial charge in [-0.25, -0.2) is 9.97 Å². The number of hydrogen-bond donors (Lipinski definition) is 2. The predicted molar refractivity (Wildman–Crippen MR) is 132 cm³/mol. The van der Waals surface area contributed by atoms with Gasteiger partial charge in [0.05, 0.1) is 18.7 Å². The second-order valence-electron chi connectivity index (χ2n) is 9.08. The Bertz CT molecular complexity index is 1090. The van der Waals surface area contributed by atoms with Crippen LogP contribution >= 0.6 is 23.2 Å². The summed E-state index contributed by atoms with van der Waals surface area (Å²) in [6, 6.07) is 7.42. The van der Waals surface area contributed by atoms with Gasteiger partial charge in [-0.1, -0.05) is 29.3 Å². The number of benzene rings is 1. The van der Waals surface area contributed by atoms with Crippen molar-refractivity contribution in [3.8, 4) is 6.07 Å². The molecule has 2 fully saturated rings. The SMILES string of the molecule is C[C@@H](Nc1cnc(C#N)c(N2CC(C3CCCN(CCC(=O)O)C3)C2)n1)c1ccc(Cl)cc1Cl. The molecule has 8 nitrogen and oxygen atoms in total. The number of nitriles is 1. The maximum atomic E-state index is 10.9. The maximum absolute atomic E-state index is 10.9. The molecule has 0 saturated carbocycles. The van der Waals surface area contributed by atoms with Crippen LogP contribution < -0.4 is 10.2 Å². The highest BCUT2D eigenvalue weighted by atomic mass is 35.5. The Hall–Kier alpha value is -2.60. The Morgan fingerprint density at radius 2 is 2.12 bits per heavy atom. The number of carboxylic acids is 1. The van der Waals surface area contributed by atoms with Gasteiger partial charge in [0.2, 0.25) is 0 Å². The van der Waals surface area contributed by atoms with Gasteiger partial charge in [-0.15, -0.1) is 0 Å². The Labute approximate surface area is 209 Å². The molecule has 4 rings (SSSR count). The highest BCUT2D eigenvalue weighted by Crippen LogP contribution is 2.35. The maximum Gasteiger partial charge on any atom is 0.304 e. The van der Waals surface area contributed by atoms with Crippen LogP contribution in [0.1, 0.15) is 43.5 Å². The molecule has 2 atom stereocenters. The summed E-state index contributed by atoms with van der Waals surface area (Å²) in [6.07, 6.45) is 4.00. The first-order valence-corrected chi connectivity index (χ1v) is 12.3. The molecule has 34 heavy (non-hydrogen) atoms. The number of nitrogens with one attached hydrogen (secondary N) is 1. The summed E-state index contributed by atoms with van der Waals surface area (Å²) in [4.78, 5) is 24.3. The van der Waals surface area contributed by atoms with E-state index in [9.17, 15) is 10.1 Å². The Kier molecular flexibility index (Phi) is 7.77. The zero-order valence-electron chi connectivity index (χ0n) is 19.0. The highest BCUT2D eigenvalue weighted by molar-refractivity contribution is 6.35. The standard InChI is InChI=1S/C24H28Cl2N6O2/c1-15(19-5-4-18(25)9-20(19)26)29-22-11-28-21(10-27)24(30-22)32-13-17(14-32)16-3-2-7-31(12-16)8-6-23(33)34/h4-5,9,11,15-17H,2-3,6-8,12-14H2,1H3,(H,29,30)(H,33,34)/t15-,16?/m1/s1. The van der Waals surface area contributed by atoms with Crippen molar-refractivity contribution in [3.63, 3.8) is 0 Å². The number of piperidine rings is 1. The average molecular weight is 503 g/mol. The van der Waals surface area contributed by atoms with Crippen molar-refractivity contribution in [1.29, 1.82) is 5.26 Å². The smallest absolute Gasteiger partial charge is 0.304 e. The van der Waals surface area contributed by atoms with E-state index < -0.39 is 5.97 Å². The van der Waals surface area contributed by atoms with Gasteiger partial charge in [-0.2, -0.15) is 5.26 Å². The number of carbonyl (C=O) groups is 1. The van der Waals surface area contributed by atoms with Gasteiger partial charge >= 0.3 is 5.97 Å². The summed E-state index contributed by atoms with van der Waals surface area (Å²) in [5.74, 6) is 1.46. The summed E-state index contributed by atoms with van der Waals surface area (Å²) in [5.41, 5.74) is 1.21. The summed E-state index contributed by atoms with van der Waals surface area (Å²) in [7, 11) is 0. The lowest BCUT2D eigenvalue weighted by Crippen LogP contribution is -2.54.